The lowest BCUT2D eigenvalue weighted by atomic mass is 10.1. The van der Waals surface area contributed by atoms with Crippen molar-refractivity contribution in [1.82, 2.24) is 15.3 Å². The summed E-state index contributed by atoms with van der Waals surface area (Å²) in [5.41, 5.74) is 2.47. The Morgan fingerprint density at radius 1 is 1.30 bits per heavy atom. The molecular weight excluding hydrogens is 306 g/mol. The predicted molar refractivity (Wildman–Crippen MR) is 94.0 cm³/mol. The summed E-state index contributed by atoms with van der Waals surface area (Å²) in [6.07, 6.45) is 3.27. The van der Waals surface area contributed by atoms with Crippen LogP contribution in [0.2, 0.25) is 0 Å². The van der Waals surface area contributed by atoms with E-state index in [1.807, 2.05) is 18.2 Å². The number of hydrogen-bond donors (Lipinski definition) is 2. The molecule has 1 aromatic carbocycles. The van der Waals surface area contributed by atoms with Gasteiger partial charge in [-0.05, 0) is 37.3 Å². The van der Waals surface area contributed by atoms with Gasteiger partial charge in [-0.15, -0.1) is 11.3 Å². The summed E-state index contributed by atoms with van der Waals surface area (Å²) < 4.78 is 0. The van der Waals surface area contributed by atoms with Crippen LogP contribution in [0.4, 0.5) is 0 Å². The van der Waals surface area contributed by atoms with E-state index in [2.05, 4.69) is 34.3 Å². The molecule has 0 fully saturated rings. The summed E-state index contributed by atoms with van der Waals surface area (Å²) in [6, 6.07) is 10.5. The quantitative estimate of drug-likeness (QED) is 0.773. The third-order valence-corrected chi connectivity index (χ3v) is 5.69. The predicted octanol–water partition coefficient (Wildman–Crippen LogP) is 3.32. The summed E-state index contributed by atoms with van der Waals surface area (Å²) in [6.45, 7) is 2.68. The topological polar surface area (TPSA) is 57.8 Å². The molecule has 4 nitrogen and oxygen atoms in total. The summed E-state index contributed by atoms with van der Waals surface area (Å²) in [5, 5.41) is 4.25. The highest BCUT2D eigenvalue weighted by atomic mass is 32.1. The molecule has 2 heterocycles. The van der Waals surface area contributed by atoms with Crippen molar-refractivity contribution in [2.75, 3.05) is 0 Å². The monoisotopic (exact) mass is 325 g/mol. The first-order chi connectivity index (χ1) is 11.2. The Morgan fingerprint density at radius 3 is 2.96 bits per heavy atom. The molecule has 1 aliphatic carbocycles. The van der Waals surface area contributed by atoms with Crippen LogP contribution in [0.25, 0.3) is 10.2 Å². The Morgan fingerprint density at radius 2 is 2.13 bits per heavy atom. The second kappa shape index (κ2) is 5.91. The van der Waals surface area contributed by atoms with E-state index >= 15 is 0 Å². The van der Waals surface area contributed by atoms with E-state index in [1.54, 1.807) is 11.3 Å². The number of thiophene rings is 1. The van der Waals surface area contributed by atoms with Gasteiger partial charge in [0.1, 0.15) is 10.7 Å². The van der Waals surface area contributed by atoms with Crippen LogP contribution < -0.4 is 10.9 Å². The molecule has 118 valence electrons. The molecule has 1 atom stereocenters. The van der Waals surface area contributed by atoms with Crippen molar-refractivity contribution in [2.24, 2.45) is 0 Å². The molecule has 3 aromatic rings. The number of aromatic nitrogens is 2. The molecule has 0 saturated heterocycles. The normalized spacial score (nSPS) is 15.0. The number of aryl methyl sites for hydroxylation is 2. The second-order valence-corrected chi connectivity index (χ2v) is 7.15. The fraction of sp³-hybridized carbons (Fsp3) is 0.333. The number of nitrogens with zero attached hydrogens (tertiary/aromatic N) is 1. The Bertz CT molecular complexity index is 898. The van der Waals surface area contributed by atoms with Crippen molar-refractivity contribution >= 4 is 21.6 Å². The van der Waals surface area contributed by atoms with Crippen LogP contribution >= 0.6 is 11.3 Å². The van der Waals surface area contributed by atoms with Crippen LogP contribution in [-0.2, 0) is 19.4 Å². The molecule has 0 spiro atoms. The number of benzene rings is 1. The highest BCUT2D eigenvalue weighted by Crippen LogP contribution is 2.34. The SMILES string of the molecule is C[C@H](NCc1nc2sc3c(c2c(=O)[nH]1)CCC3)c1ccccc1. The molecule has 0 amide bonds. The van der Waals surface area contributed by atoms with Gasteiger partial charge in [0.05, 0.1) is 11.9 Å². The van der Waals surface area contributed by atoms with Crippen molar-refractivity contribution in [1.29, 1.82) is 0 Å². The number of rotatable bonds is 4. The highest BCUT2D eigenvalue weighted by Gasteiger charge is 2.21. The van der Waals surface area contributed by atoms with E-state index in [1.165, 1.54) is 16.0 Å². The number of aromatic amines is 1. The Hall–Kier alpha value is -1.98. The van der Waals surface area contributed by atoms with Crippen molar-refractivity contribution in [3.8, 4) is 0 Å². The van der Waals surface area contributed by atoms with Crippen LogP contribution in [0.15, 0.2) is 35.1 Å². The fourth-order valence-corrected chi connectivity index (χ4v) is 4.52. The number of fused-ring (bicyclic) bond motifs is 3. The van der Waals surface area contributed by atoms with Gasteiger partial charge in [-0.3, -0.25) is 4.79 Å². The summed E-state index contributed by atoms with van der Waals surface area (Å²) in [5.74, 6) is 0.713. The number of hydrogen-bond acceptors (Lipinski definition) is 4. The molecule has 0 aliphatic heterocycles. The van der Waals surface area contributed by atoms with Gasteiger partial charge < -0.3 is 10.3 Å². The average Bonchev–Trinajstić information content (AvgIpc) is 3.13. The minimum absolute atomic E-state index is 0.0126. The van der Waals surface area contributed by atoms with Gasteiger partial charge in [0.15, 0.2) is 0 Å². The molecule has 2 aromatic heterocycles. The van der Waals surface area contributed by atoms with Gasteiger partial charge in [0.25, 0.3) is 5.56 Å². The molecule has 5 heteroatoms. The Balaban J connectivity index is 1.57. The van der Waals surface area contributed by atoms with Gasteiger partial charge in [-0.2, -0.15) is 0 Å². The van der Waals surface area contributed by atoms with Crippen LogP contribution in [0, 0.1) is 0 Å². The van der Waals surface area contributed by atoms with E-state index in [9.17, 15) is 4.79 Å². The van der Waals surface area contributed by atoms with Crippen molar-refractivity contribution < 1.29 is 0 Å². The van der Waals surface area contributed by atoms with Gasteiger partial charge in [-0.25, -0.2) is 4.98 Å². The van der Waals surface area contributed by atoms with Gasteiger partial charge in [0, 0.05) is 10.9 Å². The maximum Gasteiger partial charge on any atom is 0.259 e. The van der Waals surface area contributed by atoms with E-state index in [0.717, 1.165) is 29.5 Å². The summed E-state index contributed by atoms with van der Waals surface area (Å²) in [4.78, 5) is 22.3. The van der Waals surface area contributed by atoms with Crippen LogP contribution in [0.5, 0.6) is 0 Å². The van der Waals surface area contributed by atoms with Gasteiger partial charge in [0.2, 0.25) is 0 Å². The zero-order chi connectivity index (χ0) is 15.8. The molecule has 1 aliphatic rings. The first kappa shape index (κ1) is 14.6. The molecule has 23 heavy (non-hydrogen) atoms. The standard InChI is InChI=1S/C18H19N3OS/c1-11(12-6-3-2-4-7-12)19-10-15-20-17(22)16-13-8-5-9-14(13)23-18(16)21-15/h2-4,6-7,11,19H,5,8-10H2,1H3,(H,20,21,22)/t11-/m0/s1. The summed E-state index contributed by atoms with van der Waals surface area (Å²) >= 11 is 1.69. The third kappa shape index (κ3) is 2.71. The van der Waals surface area contributed by atoms with Crippen molar-refractivity contribution in [3.63, 3.8) is 0 Å². The molecule has 0 radical (unpaired) electrons. The lowest BCUT2D eigenvalue weighted by Crippen LogP contribution is -2.22. The minimum atomic E-state index is 0.0126. The van der Waals surface area contributed by atoms with E-state index in [0.29, 0.717) is 12.4 Å². The summed E-state index contributed by atoms with van der Waals surface area (Å²) in [7, 11) is 0. The zero-order valence-corrected chi connectivity index (χ0v) is 13.9. The molecule has 0 saturated carbocycles. The van der Waals surface area contributed by atoms with E-state index < -0.39 is 0 Å². The molecule has 0 bridgehead atoms. The van der Waals surface area contributed by atoms with E-state index in [-0.39, 0.29) is 11.6 Å². The molecular formula is C18H19N3OS. The first-order valence-corrected chi connectivity index (χ1v) is 8.86. The highest BCUT2D eigenvalue weighted by molar-refractivity contribution is 7.18. The smallest absolute Gasteiger partial charge is 0.259 e. The Labute approximate surface area is 138 Å². The lowest BCUT2D eigenvalue weighted by Gasteiger charge is -2.13. The number of nitrogens with one attached hydrogen (secondary N) is 2. The molecule has 0 unspecified atom stereocenters. The number of H-pyrrole nitrogens is 1. The first-order valence-electron chi connectivity index (χ1n) is 8.04. The average molecular weight is 325 g/mol. The molecule has 2 N–H and O–H groups in total. The molecule has 4 rings (SSSR count). The zero-order valence-electron chi connectivity index (χ0n) is 13.1. The van der Waals surface area contributed by atoms with Crippen molar-refractivity contribution in [2.45, 2.75) is 38.8 Å². The largest absolute Gasteiger partial charge is 0.309 e. The van der Waals surface area contributed by atoms with Crippen LogP contribution in [0.1, 0.15) is 41.2 Å². The fourth-order valence-electron chi connectivity index (χ4n) is 3.24. The lowest BCUT2D eigenvalue weighted by molar-refractivity contribution is 0.559. The maximum absolute atomic E-state index is 12.4. The van der Waals surface area contributed by atoms with Crippen LogP contribution in [-0.4, -0.2) is 9.97 Å². The van der Waals surface area contributed by atoms with Gasteiger partial charge in [-0.1, -0.05) is 30.3 Å². The van der Waals surface area contributed by atoms with Gasteiger partial charge >= 0.3 is 0 Å². The third-order valence-electron chi connectivity index (χ3n) is 4.50. The Kier molecular flexibility index (Phi) is 3.75. The van der Waals surface area contributed by atoms with E-state index in [4.69, 9.17) is 0 Å². The second-order valence-electron chi connectivity index (χ2n) is 6.06. The van der Waals surface area contributed by atoms with Crippen LogP contribution in [0.3, 0.4) is 0 Å². The van der Waals surface area contributed by atoms with Crippen molar-refractivity contribution in [3.05, 3.63) is 62.5 Å². The minimum Gasteiger partial charge on any atom is -0.309 e. The maximum atomic E-state index is 12.4.